The summed E-state index contributed by atoms with van der Waals surface area (Å²) in [4.78, 5) is 22.8. The Morgan fingerprint density at radius 1 is 1.43 bits per heavy atom. The van der Waals surface area contributed by atoms with Crippen LogP contribution in [-0.4, -0.2) is 44.7 Å². The SMILES string of the molecule is CCCn1cnnc1C(C)NC(=O)c1cnc(N(C)C)nc1C. The van der Waals surface area contributed by atoms with Crippen molar-refractivity contribution >= 4 is 11.9 Å². The molecule has 0 saturated carbocycles. The Morgan fingerprint density at radius 2 is 2.17 bits per heavy atom. The average molecular weight is 317 g/mol. The molecule has 1 N–H and O–H groups in total. The summed E-state index contributed by atoms with van der Waals surface area (Å²) in [6.45, 7) is 6.59. The Bertz CT molecular complexity index is 680. The lowest BCUT2D eigenvalue weighted by Gasteiger charge is -2.16. The Kier molecular flexibility index (Phi) is 5.25. The molecular formula is C15H23N7O. The summed E-state index contributed by atoms with van der Waals surface area (Å²) < 4.78 is 1.95. The number of rotatable bonds is 6. The van der Waals surface area contributed by atoms with E-state index < -0.39 is 0 Å². The molecule has 1 amide bonds. The van der Waals surface area contributed by atoms with E-state index in [0.29, 0.717) is 17.2 Å². The van der Waals surface area contributed by atoms with Crippen LogP contribution in [0.3, 0.4) is 0 Å². The number of nitrogens with zero attached hydrogens (tertiary/aromatic N) is 6. The molecule has 0 aliphatic carbocycles. The van der Waals surface area contributed by atoms with Gasteiger partial charge in [0, 0.05) is 26.8 Å². The highest BCUT2D eigenvalue weighted by Gasteiger charge is 2.18. The predicted octanol–water partition coefficient (Wildman–Crippen LogP) is 1.34. The number of nitrogens with one attached hydrogen (secondary N) is 1. The topological polar surface area (TPSA) is 88.8 Å². The summed E-state index contributed by atoms with van der Waals surface area (Å²) in [5, 5.41) is 11.0. The molecule has 1 atom stereocenters. The zero-order valence-corrected chi connectivity index (χ0v) is 14.2. The van der Waals surface area contributed by atoms with E-state index in [4.69, 9.17) is 0 Å². The lowest BCUT2D eigenvalue weighted by Crippen LogP contribution is -2.30. The molecule has 2 heterocycles. The molecule has 0 spiro atoms. The average Bonchev–Trinajstić information content (AvgIpc) is 2.95. The van der Waals surface area contributed by atoms with Gasteiger partial charge in [0.1, 0.15) is 6.33 Å². The normalized spacial score (nSPS) is 12.0. The van der Waals surface area contributed by atoms with Crippen molar-refractivity contribution in [2.45, 2.75) is 39.8 Å². The monoisotopic (exact) mass is 317 g/mol. The molecule has 8 heteroatoms. The van der Waals surface area contributed by atoms with Crippen LogP contribution in [0.4, 0.5) is 5.95 Å². The molecule has 23 heavy (non-hydrogen) atoms. The highest BCUT2D eigenvalue weighted by molar-refractivity contribution is 5.95. The molecule has 2 aromatic heterocycles. The summed E-state index contributed by atoms with van der Waals surface area (Å²) in [5.74, 6) is 1.10. The fraction of sp³-hybridized carbons (Fsp3) is 0.533. The Labute approximate surface area is 136 Å². The van der Waals surface area contributed by atoms with Gasteiger partial charge in [-0.15, -0.1) is 10.2 Å². The van der Waals surface area contributed by atoms with Crippen LogP contribution in [0.5, 0.6) is 0 Å². The number of carbonyl (C=O) groups is 1. The summed E-state index contributed by atoms with van der Waals surface area (Å²) in [6.07, 6.45) is 4.21. The van der Waals surface area contributed by atoms with E-state index in [2.05, 4.69) is 32.4 Å². The first-order chi connectivity index (χ1) is 10.9. The first-order valence-corrected chi connectivity index (χ1v) is 7.63. The molecule has 0 saturated heterocycles. The number of amides is 1. The fourth-order valence-electron chi connectivity index (χ4n) is 2.24. The van der Waals surface area contributed by atoms with Crippen molar-refractivity contribution in [1.82, 2.24) is 30.0 Å². The van der Waals surface area contributed by atoms with E-state index in [1.807, 2.05) is 25.6 Å². The van der Waals surface area contributed by atoms with Gasteiger partial charge in [-0.2, -0.15) is 0 Å². The second kappa shape index (κ2) is 7.17. The van der Waals surface area contributed by atoms with Gasteiger partial charge in [0.05, 0.1) is 17.3 Å². The van der Waals surface area contributed by atoms with Crippen LogP contribution in [0.1, 0.15) is 48.2 Å². The van der Waals surface area contributed by atoms with Crippen LogP contribution in [0.15, 0.2) is 12.5 Å². The minimum Gasteiger partial charge on any atom is -0.347 e. The van der Waals surface area contributed by atoms with Crippen molar-refractivity contribution in [3.63, 3.8) is 0 Å². The van der Waals surface area contributed by atoms with Gasteiger partial charge in [-0.3, -0.25) is 4.79 Å². The van der Waals surface area contributed by atoms with E-state index in [1.54, 1.807) is 24.3 Å². The van der Waals surface area contributed by atoms with Crippen LogP contribution >= 0.6 is 0 Å². The zero-order valence-electron chi connectivity index (χ0n) is 14.2. The van der Waals surface area contributed by atoms with E-state index in [0.717, 1.165) is 18.8 Å². The quantitative estimate of drug-likeness (QED) is 0.865. The highest BCUT2D eigenvalue weighted by Crippen LogP contribution is 2.13. The number of aryl methyl sites for hydroxylation is 2. The van der Waals surface area contributed by atoms with Crippen molar-refractivity contribution in [1.29, 1.82) is 0 Å². The predicted molar refractivity (Wildman–Crippen MR) is 87.3 cm³/mol. The summed E-state index contributed by atoms with van der Waals surface area (Å²) in [5.41, 5.74) is 1.10. The van der Waals surface area contributed by atoms with Gasteiger partial charge in [-0.1, -0.05) is 6.92 Å². The van der Waals surface area contributed by atoms with Crippen molar-refractivity contribution in [2.75, 3.05) is 19.0 Å². The van der Waals surface area contributed by atoms with Crippen molar-refractivity contribution < 1.29 is 4.79 Å². The third-order valence-corrected chi connectivity index (χ3v) is 3.46. The molecule has 0 fully saturated rings. The van der Waals surface area contributed by atoms with Crippen molar-refractivity contribution in [3.8, 4) is 0 Å². The van der Waals surface area contributed by atoms with Crippen LogP contribution in [0.2, 0.25) is 0 Å². The van der Waals surface area contributed by atoms with Crippen LogP contribution in [-0.2, 0) is 6.54 Å². The molecule has 0 aromatic carbocycles. The Balaban J connectivity index is 2.13. The lowest BCUT2D eigenvalue weighted by molar-refractivity contribution is 0.0936. The summed E-state index contributed by atoms with van der Waals surface area (Å²) in [6, 6.07) is -0.246. The third-order valence-electron chi connectivity index (χ3n) is 3.46. The summed E-state index contributed by atoms with van der Waals surface area (Å²) in [7, 11) is 3.72. The third kappa shape index (κ3) is 3.82. The second-order valence-electron chi connectivity index (χ2n) is 5.64. The minimum atomic E-state index is -0.246. The fourth-order valence-corrected chi connectivity index (χ4v) is 2.24. The highest BCUT2D eigenvalue weighted by atomic mass is 16.1. The standard InChI is InChI=1S/C15H23N7O/c1-6-7-22-9-17-20-13(22)11(3)18-14(23)12-8-16-15(21(4)5)19-10(12)2/h8-9,11H,6-7H2,1-5H3,(H,18,23). The molecule has 1 unspecified atom stereocenters. The van der Waals surface area contributed by atoms with E-state index in [9.17, 15) is 4.79 Å². The molecule has 0 radical (unpaired) electrons. The first-order valence-electron chi connectivity index (χ1n) is 7.63. The van der Waals surface area contributed by atoms with Gasteiger partial charge in [-0.05, 0) is 20.3 Å². The zero-order chi connectivity index (χ0) is 17.0. The van der Waals surface area contributed by atoms with Crippen molar-refractivity contribution in [2.24, 2.45) is 0 Å². The van der Waals surface area contributed by atoms with Crippen LogP contribution in [0.25, 0.3) is 0 Å². The maximum atomic E-state index is 12.5. The van der Waals surface area contributed by atoms with E-state index >= 15 is 0 Å². The Hall–Kier alpha value is -2.51. The van der Waals surface area contributed by atoms with Gasteiger partial charge in [0.15, 0.2) is 5.82 Å². The molecular weight excluding hydrogens is 294 g/mol. The second-order valence-corrected chi connectivity index (χ2v) is 5.64. The molecule has 124 valence electrons. The number of carbonyl (C=O) groups excluding carboxylic acids is 1. The first kappa shape index (κ1) is 16.9. The largest absolute Gasteiger partial charge is 0.347 e. The number of anilines is 1. The van der Waals surface area contributed by atoms with Crippen molar-refractivity contribution in [3.05, 3.63) is 29.6 Å². The molecule has 0 bridgehead atoms. The number of hydrogen-bond donors (Lipinski definition) is 1. The molecule has 2 rings (SSSR count). The lowest BCUT2D eigenvalue weighted by atomic mass is 10.2. The Morgan fingerprint density at radius 3 is 2.78 bits per heavy atom. The maximum absolute atomic E-state index is 12.5. The van der Waals surface area contributed by atoms with Gasteiger partial charge < -0.3 is 14.8 Å². The maximum Gasteiger partial charge on any atom is 0.255 e. The van der Waals surface area contributed by atoms with Gasteiger partial charge >= 0.3 is 0 Å². The van der Waals surface area contributed by atoms with Gasteiger partial charge in [-0.25, -0.2) is 9.97 Å². The van der Waals surface area contributed by atoms with E-state index in [-0.39, 0.29) is 11.9 Å². The minimum absolute atomic E-state index is 0.216. The molecule has 8 nitrogen and oxygen atoms in total. The summed E-state index contributed by atoms with van der Waals surface area (Å²) >= 11 is 0. The van der Waals surface area contributed by atoms with Gasteiger partial charge in [0.25, 0.3) is 5.91 Å². The number of aromatic nitrogens is 5. The van der Waals surface area contributed by atoms with Crippen LogP contribution < -0.4 is 10.2 Å². The number of hydrogen-bond acceptors (Lipinski definition) is 6. The van der Waals surface area contributed by atoms with Gasteiger partial charge in [0.2, 0.25) is 5.95 Å². The smallest absolute Gasteiger partial charge is 0.255 e. The molecule has 2 aromatic rings. The molecule has 0 aliphatic rings. The van der Waals surface area contributed by atoms with E-state index in [1.165, 1.54) is 0 Å². The van der Waals surface area contributed by atoms with Crippen LogP contribution in [0, 0.1) is 6.92 Å². The molecule has 0 aliphatic heterocycles.